The molecule has 0 aliphatic heterocycles. The number of urea groups is 1. The first kappa shape index (κ1) is 16.1. The van der Waals surface area contributed by atoms with Crippen molar-refractivity contribution in [3.63, 3.8) is 0 Å². The van der Waals surface area contributed by atoms with Crippen LogP contribution in [0.5, 0.6) is 0 Å². The van der Waals surface area contributed by atoms with Gasteiger partial charge < -0.3 is 15.7 Å². The number of nitrogens with one attached hydrogen (secondary N) is 2. The van der Waals surface area contributed by atoms with E-state index in [1.165, 1.54) is 32.1 Å². The molecule has 5 nitrogen and oxygen atoms in total. The molecule has 2 fully saturated rings. The van der Waals surface area contributed by atoms with E-state index in [-0.39, 0.29) is 6.03 Å². The molecule has 2 saturated carbocycles. The van der Waals surface area contributed by atoms with Crippen LogP contribution in [0.2, 0.25) is 0 Å². The zero-order valence-corrected chi connectivity index (χ0v) is 13.0. The van der Waals surface area contributed by atoms with Gasteiger partial charge in [0, 0.05) is 6.54 Å². The Kier molecular flexibility index (Phi) is 5.48. The molecule has 2 aliphatic rings. The fourth-order valence-corrected chi connectivity index (χ4v) is 3.54. The maximum atomic E-state index is 12.1. The number of rotatable bonds is 4. The van der Waals surface area contributed by atoms with E-state index >= 15 is 0 Å². The summed E-state index contributed by atoms with van der Waals surface area (Å²) >= 11 is 0. The first-order valence-corrected chi connectivity index (χ1v) is 8.31. The van der Waals surface area contributed by atoms with Gasteiger partial charge in [-0.1, -0.05) is 26.2 Å². The Bertz CT molecular complexity index is 370. The first-order chi connectivity index (χ1) is 10.0. The van der Waals surface area contributed by atoms with Crippen molar-refractivity contribution in [1.29, 1.82) is 0 Å². The molecule has 0 aromatic heterocycles. The van der Waals surface area contributed by atoms with Crippen LogP contribution in [0.1, 0.15) is 64.7 Å². The largest absolute Gasteiger partial charge is 0.480 e. The van der Waals surface area contributed by atoms with Crippen molar-refractivity contribution in [2.24, 2.45) is 11.8 Å². The number of carbonyl (C=O) groups excluding carboxylic acids is 1. The molecule has 2 rings (SSSR count). The molecule has 0 bridgehead atoms. The minimum atomic E-state index is -1.07. The van der Waals surface area contributed by atoms with Crippen molar-refractivity contribution < 1.29 is 14.7 Å². The Morgan fingerprint density at radius 1 is 1.10 bits per heavy atom. The van der Waals surface area contributed by atoms with Gasteiger partial charge >= 0.3 is 12.0 Å². The summed E-state index contributed by atoms with van der Waals surface area (Å²) in [7, 11) is 0. The van der Waals surface area contributed by atoms with E-state index < -0.39 is 11.5 Å². The fourth-order valence-electron chi connectivity index (χ4n) is 3.54. The monoisotopic (exact) mass is 296 g/mol. The van der Waals surface area contributed by atoms with Crippen LogP contribution in [0.3, 0.4) is 0 Å². The molecule has 0 spiro atoms. The number of hydrogen-bond donors (Lipinski definition) is 3. The zero-order chi connectivity index (χ0) is 15.3. The molecule has 0 saturated heterocycles. The average Bonchev–Trinajstić information content (AvgIpc) is 2.48. The topological polar surface area (TPSA) is 78.4 Å². The van der Waals surface area contributed by atoms with E-state index in [0.29, 0.717) is 31.2 Å². The predicted octanol–water partition coefficient (Wildman–Crippen LogP) is 2.90. The van der Waals surface area contributed by atoms with Gasteiger partial charge in [-0.25, -0.2) is 9.59 Å². The summed E-state index contributed by atoms with van der Waals surface area (Å²) < 4.78 is 0. The number of aliphatic carboxylic acids is 1. The van der Waals surface area contributed by atoms with E-state index in [2.05, 4.69) is 17.6 Å². The molecule has 2 amide bonds. The third-order valence-corrected chi connectivity index (χ3v) is 5.17. The molecule has 0 atom stereocenters. The molecule has 21 heavy (non-hydrogen) atoms. The number of hydrogen-bond acceptors (Lipinski definition) is 2. The normalized spacial score (nSPS) is 30.6. The van der Waals surface area contributed by atoms with Crippen molar-refractivity contribution in [3.8, 4) is 0 Å². The molecule has 0 aromatic carbocycles. The Hall–Kier alpha value is -1.26. The molecular formula is C16H28N2O3. The van der Waals surface area contributed by atoms with E-state index in [0.717, 1.165) is 12.8 Å². The highest BCUT2D eigenvalue weighted by Crippen LogP contribution is 2.32. The van der Waals surface area contributed by atoms with Gasteiger partial charge in [-0.05, 0) is 50.4 Å². The summed E-state index contributed by atoms with van der Waals surface area (Å²) in [6.45, 7) is 2.80. The summed E-state index contributed by atoms with van der Waals surface area (Å²) in [5.41, 5.74) is -1.07. The maximum absolute atomic E-state index is 12.1. The molecule has 0 heterocycles. The van der Waals surface area contributed by atoms with Crippen LogP contribution in [-0.2, 0) is 4.79 Å². The lowest BCUT2D eigenvalue weighted by atomic mass is 9.77. The minimum absolute atomic E-state index is 0.322. The Labute approximate surface area is 126 Å². The molecule has 120 valence electrons. The number of carboxylic acid groups (broad SMARTS) is 1. The lowest BCUT2D eigenvalue weighted by Crippen LogP contribution is -2.58. The summed E-state index contributed by atoms with van der Waals surface area (Å²) in [5, 5.41) is 15.1. The first-order valence-electron chi connectivity index (χ1n) is 8.31. The van der Waals surface area contributed by atoms with Gasteiger partial charge in [0.1, 0.15) is 5.54 Å². The highest BCUT2D eigenvalue weighted by Gasteiger charge is 2.42. The smallest absolute Gasteiger partial charge is 0.329 e. The van der Waals surface area contributed by atoms with E-state index in [9.17, 15) is 14.7 Å². The molecule has 2 aliphatic carbocycles. The lowest BCUT2D eigenvalue weighted by molar-refractivity contribution is -0.146. The van der Waals surface area contributed by atoms with Gasteiger partial charge in [0.05, 0.1) is 0 Å². The fraction of sp³-hybridized carbons (Fsp3) is 0.875. The summed E-state index contributed by atoms with van der Waals surface area (Å²) in [5.74, 6) is 0.198. The highest BCUT2D eigenvalue weighted by atomic mass is 16.4. The summed E-state index contributed by atoms with van der Waals surface area (Å²) in [6, 6.07) is -0.322. The summed E-state index contributed by atoms with van der Waals surface area (Å²) in [6.07, 6.45) is 8.88. The lowest BCUT2D eigenvalue weighted by Gasteiger charge is -2.36. The predicted molar refractivity (Wildman–Crippen MR) is 81.1 cm³/mol. The van der Waals surface area contributed by atoms with Gasteiger partial charge in [-0.3, -0.25) is 0 Å². The standard InChI is InChI=1S/C16H28N2O3/c1-12-7-9-16(10-8-12,14(19)20)18-15(21)17-11-13-5-3-2-4-6-13/h12-13H,2-11H2,1H3,(H,19,20)(H2,17,18,21). The third-order valence-electron chi connectivity index (χ3n) is 5.17. The van der Waals surface area contributed by atoms with E-state index in [4.69, 9.17) is 0 Å². The van der Waals surface area contributed by atoms with Gasteiger partial charge in [-0.2, -0.15) is 0 Å². The van der Waals surface area contributed by atoms with Crippen LogP contribution in [-0.4, -0.2) is 29.2 Å². The molecular weight excluding hydrogens is 268 g/mol. The second kappa shape index (κ2) is 7.14. The SMILES string of the molecule is CC1CCC(NC(=O)NCC2CCCCC2)(C(=O)O)CC1. The molecule has 0 aromatic rings. The number of amides is 2. The van der Waals surface area contributed by atoms with Gasteiger partial charge in [0.15, 0.2) is 0 Å². The highest BCUT2D eigenvalue weighted by molar-refractivity contribution is 5.86. The maximum Gasteiger partial charge on any atom is 0.329 e. The van der Waals surface area contributed by atoms with Crippen molar-refractivity contribution in [2.75, 3.05) is 6.54 Å². The third kappa shape index (κ3) is 4.35. The summed E-state index contributed by atoms with van der Waals surface area (Å²) in [4.78, 5) is 23.6. The Morgan fingerprint density at radius 3 is 2.29 bits per heavy atom. The second-order valence-corrected chi connectivity index (χ2v) is 6.91. The second-order valence-electron chi connectivity index (χ2n) is 6.91. The van der Waals surface area contributed by atoms with Crippen LogP contribution >= 0.6 is 0 Å². The van der Waals surface area contributed by atoms with Gasteiger partial charge in [-0.15, -0.1) is 0 Å². The minimum Gasteiger partial charge on any atom is -0.480 e. The Balaban J connectivity index is 1.82. The van der Waals surface area contributed by atoms with Crippen LogP contribution < -0.4 is 10.6 Å². The van der Waals surface area contributed by atoms with Crippen LogP contribution in [0.4, 0.5) is 4.79 Å². The zero-order valence-electron chi connectivity index (χ0n) is 13.0. The van der Waals surface area contributed by atoms with Crippen molar-refractivity contribution in [3.05, 3.63) is 0 Å². The molecule has 3 N–H and O–H groups in total. The van der Waals surface area contributed by atoms with Crippen molar-refractivity contribution >= 4 is 12.0 Å². The van der Waals surface area contributed by atoms with E-state index in [1.807, 2.05) is 0 Å². The molecule has 5 heteroatoms. The van der Waals surface area contributed by atoms with Crippen LogP contribution in [0.25, 0.3) is 0 Å². The van der Waals surface area contributed by atoms with Gasteiger partial charge in [0.2, 0.25) is 0 Å². The Morgan fingerprint density at radius 2 is 1.71 bits per heavy atom. The van der Waals surface area contributed by atoms with Crippen LogP contribution in [0, 0.1) is 11.8 Å². The van der Waals surface area contributed by atoms with Gasteiger partial charge in [0.25, 0.3) is 0 Å². The van der Waals surface area contributed by atoms with Crippen molar-refractivity contribution in [1.82, 2.24) is 10.6 Å². The number of carboxylic acids is 1. The van der Waals surface area contributed by atoms with Crippen LogP contribution in [0.15, 0.2) is 0 Å². The molecule has 0 unspecified atom stereocenters. The van der Waals surface area contributed by atoms with Crippen molar-refractivity contribution in [2.45, 2.75) is 70.3 Å². The number of carbonyl (C=O) groups is 2. The molecule has 0 radical (unpaired) electrons. The average molecular weight is 296 g/mol. The quantitative estimate of drug-likeness (QED) is 0.746. The van der Waals surface area contributed by atoms with E-state index in [1.54, 1.807) is 0 Å².